The van der Waals surface area contributed by atoms with Gasteiger partial charge in [-0.1, -0.05) is 28.4 Å². The Bertz CT molecular complexity index is 348. The van der Waals surface area contributed by atoms with Crippen LogP contribution in [0.25, 0.3) is 0 Å². The molecule has 0 amide bonds. The van der Waals surface area contributed by atoms with Gasteiger partial charge in [-0.25, -0.2) is 0 Å². The second-order valence-electron chi connectivity index (χ2n) is 4.23. The molecule has 0 unspecified atom stereocenters. The number of methoxy groups -OCH3 is 1. The number of benzene rings is 1. The molecule has 1 aliphatic carbocycles. The Balaban J connectivity index is 2.03. The van der Waals surface area contributed by atoms with Crippen molar-refractivity contribution in [3.05, 3.63) is 23.8 Å². The maximum Gasteiger partial charge on any atom is 0.161 e. The van der Waals surface area contributed by atoms with Gasteiger partial charge in [-0.2, -0.15) is 0 Å². The van der Waals surface area contributed by atoms with Crippen LogP contribution in [0, 0.1) is 5.92 Å². The Labute approximate surface area is 105 Å². The van der Waals surface area contributed by atoms with Gasteiger partial charge < -0.3 is 9.47 Å². The van der Waals surface area contributed by atoms with Crippen molar-refractivity contribution in [2.45, 2.75) is 24.6 Å². The molecule has 0 radical (unpaired) electrons. The zero-order chi connectivity index (χ0) is 11.4. The lowest BCUT2D eigenvalue weighted by atomic mass is 9.86. The van der Waals surface area contributed by atoms with Gasteiger partial charge in [-0.3, -0.25) is 0 Å². The van der Waals surface area contributed by atoms with Crippen molar-refractivity contribution in [3.63, 3.8) is 0 Å². The summed E-state index contributed by atoms with van der Waals surface area (Å²) in [5.41, 5.74) is 1.21. The van der Waals surface area contributed by atoms with Crippen molar-refractivity contribution in [1.29, 1.82) is 0 Å². The van der Waals surface area contributed by atoms with Crippen molar-refractivity contribution < 1.29 is 9.47 Å². The van der Waals surface area contributed by atoms with Gasteiger partial charge in [-0.15, -0.1) is 0 Å². The predicted molar refractivity (Wildman–Crippen MR) is 68.5 cm³/mol. The Kier molecular flexibility index (Phi) is 4.10. The van der Waals surface area contributed by atoms with Crippen molar-refractivity contribution in [3.8, 4) is 11.5 Å². The Hall–Kier alpha value is -0.700. The lowest BCUT2D eigenvalue weighted by Gasteiger charge is -2.25. The molecule has 1 aliphatic rings. The average molecular weight is 285 g/mol. The molecule has 2 rings (SSSR count). The van der Waals surface area contributed by atoms with Gasteiger partial charge in [0.1, 0.15) is 0 Å². The minimum atomic E-state index is 0.748. The molecule has 88 valence electrons. The highest BCUT2D eigenvalue weighted by Gasteiger charge is 2.18. The van der Waals surface area contributed by atoms with Gasteiger partial charge in [0.25, 0.3) is 0 Å². The maximum atomic E-state index is 5.83. The zero-order valence-electron chi connectivity index (χ0n) is 9.54. The van der Waals surface area contributed by atoms with E-state index in [1.807, 2.05) is 18.2 Å². The third-order valence-corrected chi connectivity index (χ3v) is 3.73. The largest absolute Gasteiger partial charge is 0.493 e. The van der Waals surface area contributed by atoms with Gasteiger partial charge in [-0.05, 0) is 36.5 Å². The van der Waals surface area contributed by atoms with Crippen molar-refractivity contribution in [1.82, 2.24) is 0 Å². The molecule has 0 saturated heterocycles. The first-order chi connectivity index (χ1) is 7.83. The highest BCUT2D eigenvalue weighted by molar-refractivity contribution is 9.08. The second kappa shape index (κ2) is 5.58. The maximum absolute atomic E-state index is 5.83. The molecule has 1 aromatic carbocycles. The molecule has 3 heteroatoms. The number of hydrogen-bond acceptors (Lipinski definition) is 2. The first kappa shape index (κ1) is 11.8. The van der Waals surface area contributed by atoms with Crippen molar-refractivity contribution in [2.24, 2.45) is 5.92 Å². The summed E-state index contributed by atoms with van der Waals surface area (Å²) >= 11 is 3.45. The van der Waals surface area contributed by atoms with Crippen LogP contribution in [0.1, 0.15) is 24.8 Å². The zero-order valence-corrected chi connectivity index (χ0v) is 11.1. The number of alkyl halides is 1. The van der Waals surface area contributed by atoms with Crippen LogP contribution in [0.4, 0.5) is 0 Å². The molecule has 0 bridgehead atoms. The van der Waals surface area contributed by atoms with E-state index in [1.165, 1.54) is 24.8 Å². The monoisotopic (exact) mass is 284 g/mol. The number of rotatable bonds is 5. The molecule has 0 heterocycles. The van der Waals surface area contributed by atoms with E-state index in [4.69, 9.17) is 9.47 Å². The lowest BCUT2D eigenvalue weighted by Crippen LogP contribution is -2.19. The van der Waals surface area contributed by atoms with Crippen molar-refractivity contribution in [2.75, 3.05) is 13.7 Å². The van der Waals surface area contributed by atoms with Gasteiger partial charge in [0.05, 0.1) is 13.7 Å². The van der Waals surface area contributed by atoms with Crippen LogP contribution >= 0.6 is 15.9 Å². The Morgan fingerprint density at radius 3 is 2.69 bits per heavy atom. The van der Waals surface area contributed by atoms with Crippen LogP contribution < -0.4 is 9.47 Å². The van der Waals surface area contributed by atoms with E-state index in [9.17, 15) is 0 Å². The molecule has 0 aliphatic heterocycles. The second-order valence-corrected chi connectivity index (χ2v) is 4.79. The van der Waals surface area contributed by atoms with E-state index in [1.54, 1.807) is 7.11 Å². The fraction of sp³-hybridized carbons (Fsp3) is 0.538. The molecule has 1 fully saturated rings. The smallest absolute Gasteiger partial charge is 0.161 e. The molecule has 0 atom stereocenters. The van der Waals surface area contributed by atoms with Gasteiger partial charge >= 0.3 is 0 Å². The van der Waals surface area contributed by atoms with Crippen LogP contribution in [-0.4, -0.2) is 13.7 Å². The normalized spacial score (nSPS) is 15.6. The van der Waals surface area contributed by atoms with E-state index in [0.717, 1.165) is 29.4 Å². The topological polar surface area (TPSA) is 18.5 Å². The van der Waals surface area contributed by atoms with Crippen LogP contribution in [0.2, 0.25) is 0 Å². The fourth-order valence-electron chi connectivity index (χ4n) is 1.78. The Morgan fingerprint density at radius 2 is 2.12 bits per heavy atom. The molecule has 1 saturated carbocycles. The summed E-state index contributed by atoms with van der Waals surface area (Å²) < 4.78 is 11.1. The van der Waals surface area contributed by atoms with Crippen LogP contribution in [-0.2, 0) is 5.33 Å². The molecule has 0 N–H and O–H groups in total. The SMILES string of the molecule is COc1ccc(CBr)cc1OCC1CCC1. The fourth-order valence-corrected chi connectivity index (χ4v) is 2.13. The van der Waals surface area contributed by atoms with Crippen LogP contribution in [0.15, 0.2) is 18.2 Å². The summed E-state index contributed by atoms with van der Waals surface area (Å²) in [4.78, 5) is 0. The van der Waals surface area contributed by atoms with E-state index in [2.05, 4.69) is 15.9 Å². The van der Waals surface area contributed by atoms with Gasteiger partial charge in [0, 0.05) is 5.33 Å². The summed E-state index contributed by atoms with van der Waals surface area (Å²) in [6.45, 7) is 0.822. The molecular weight excluding hydrogens is 268 g/mol. The molecular formula is C13H17BrO2. The molecule has 2 nitrogen and oxygen atoms in total. The van der Waals surface area contributed by atoms with E-state index >= 15 is 0 Å². The number of hydrogen-bond donors (Lipinski definition) is 0. The standard InChI is InChI=1S/C13H17BrO2/c1-15-12-6-5-11(8-14)7-13(12)16-9-10-3-2-4-10/h5-7,10H,2-4,8-9H2,1H3. The molecule has 16 heavy (non-hydrogen) atoms. The summed E-state index contributed by atoms with van der Waals surface area (Å²) in [5, 5.41) is 0.844. The van der Waals surface area contributed by atoms with Gasteiger partial charge in [0.15, 0.2) is 11.5 Å². The number of halogens is 1. The van der Waals surface area contributed by atoms with Crippen molar-refractivity contribution >= 4 is 15.9 Å². The summed E-state index contributed by atoms with van der Waals surface area (Å²) in [7, 11) is 1.68. The van der Waals surface area contributed by atoms with Gasteiger partial charge in [0.2, 0.25) is 0 Å². The molecule has 0 aromatic heterocycles. The highest BCUT2D eigenvalue weighted by atomic mass is 79.9. The van der Waals surface area contributed by atoms with E-state index in [0.29, 0.717) is 0 Å². The van der Waals surface area contributed by atoms with Crippen LogP contribution in [0.3, 0.4) is 0 Å². The Morgan fingerprint density at radius 1 is 1.31 bits per heavy atom. The minimum absolute atomic E-state index is 0.748. The lowest BCUT2D eigenvalue weighted by molar-refractivity contribution is 0.176. The van der Waals surface area contributed by atoms with E-state index < -0.39 is 0 Å². The summed E-state index contributed by atoms with van der Waals surface area (Å²) in [6, 6.07) is 6.06. The minimum Gasteiger partial charge on any atom is -0.493 e. The average Bonchev–Trinajstić information content (AvgIpc) is 2.26. The summed E-state index contributed by atoms with van der Waals surface area (Å²) in [6.07, 6.45) is 3.97. The molecule has 0 spiro atoms. The first-order valence-electron chi connectivity index (χ1n) is 5.69. The highest BCUT2D eigenvalue weighted by Crippen LogP contribution is 2.32. The third kappa shape index (κ3) is 2.70. The van der Waals surface area contributed by atoms with E-state index in [-0.39, 0.29) is 0 Å². The number of ether oxygens (including phenoxy) is 2. The summed E-state index contributed by atoms with van der Waals surface area (Å²) in [5.74, 6) is 2.44. The first-order valence-corrected chi connectivity index (χ1v) is 6.81. The quantitative estimate of drug-likeness (QED) is 0.767. The molecule has 1 aromatic rings. The van der Waals surface area contributed by atoms with Crippen LogP contribution in [0.5, 0.6) is 11.5 Å². The third-order valence-electron chi connectivity index (χ3n) is 3.08. The predicted octanol–water partition coefficient (Wildman–Crippen LogP) is 3.77.